The van der Waals surface area contributed by atoms with Crippen LogP contribution in [-0.2, 0) is 14.8 Å². The van der Waals surface area contributed by atoms with E-state index in [-0.39, 0.29) is 5.56 Å². The van der Waals surface area contributed by atoms with Gasteiger partial charge in [-0.3, -0.25) is 10.2 Å². The molecule has 13 heteroatoms. The lowest BCUT2D eigenvalue weighted by Gasteiger charge is -2.08. The van der Waals surface area contributed by atoms with Gasteiger partial charge >= 0.3 is 6.03 Å². The van der Waals surface area contributed by atoms with Gasteiger partial charge in [-0.15, -0.1) is 0 Å². The van der Waals surface area contributed by atoms with Crippen molar-refractivity contribution < 1.29 is 22.7 Å². The first-order valence-electron chi connectivity index (χ1n) is 13.6. The van der Waals surface area contributed by atoms with Crippen molar-refractivity contribution in [2.24, 2.45) is 0 Å². The maximum absolute atomic E-state index is 12.1. The average Bonchev–Trinajstić information content (AvgIpc) is 3.38. The molecule has 1 aromatic carbocycles. The summed E-state index contributed by atoms with van der Waals surface area (Å²) in [6.45, 7) is 4.09. The first kappa shape index (κ1) is 32.4. The van der Waals surface area contributed by atoms with Crippen LogP contribution in [0.5, 0.6) is 0 Å². The molecule has 1 aromatic heterocycles. The van der Waals surface area contributed by atoms with E-state index in [2.05, 4.69) is 32.4 Å². The molecular formula is C26H42N6O5S2. The number of hydrazine groups is 1. The Kier molecular flexibility index (Phi) is 15.4. The molecule has 39 heavy (non-hydrogen) atoms. The second-order valence-corrected chi connectivity index (χ2v) is 11.9. The molecule has 1 heterocycles. The second kappa shape index (κ2) is 18.5. The number of carbonyl (C=O) groups excluding carboxylic acids is 2. The number of hydrogen-bond donors (Lipinski definition) is 4. The summed E-state index contributed by atoms with van der Waals surface area (Å²) < 4.78 is 34.4. The molecule has 3 amide bonds. The van der Waals surface area contributed by atoms with Gasteiger partial charge in [0.2, 0.25) is 15.2 Å². The van der Waals surface area contributed by atoms with E-state index in [1.54, 1.807) is 12.1 Å². The smallest absolute Gasteiger partial charge is 0.333 e. The fourth-order valence-electron chi connectivity index (χ4n) is 3.74. The maximum atomic E-state index is 12.1. The summed E-state index contributed by atoms with van der Waals surface area (Å²) in [5.41, 5.74) is 5.89. The molecule has 218 valence electrons. The number of aromatic nitrogens is 2. The summed E-state index contributed by atoms with van der Waals surface area (Å²) in [5.74, 6) is -0.409. The summed E-state index contributed by atoms with van der Waals surface area (Å²) in [7, 11) is -3.67. The van der Waals surface area contributed by atoms with Crippen molar-refractivity contribution in [2.45, 2.75) is 77.6 Å². The predicted octanol–water partition coefficient (Wildman–Crippen LogP) is 4.85. The van der Waals surface area contributed by atoms with Crippen molar-refractivity contribution in [1.29, 1.82) is 0 Å². The first-order chi connectivity index (χ1) is 18.8. The van der Waals surface area contributed by atoms with Gasteiger partial charge in [0.15, 0.2) is 5.82 Å². The van der Waals surface area contributed by atoms with Gasteiger partial charge in [0, 0.05) is 42.4 Å². The van der Waals surface area contributed by atoms with Crippen molar-refractivity contribution in [2.75, 3.05) is 31.4 Å². The predicted molar refractivity (Wildman–Crippen MR) is 155 cm³/mol. The number of nitrogens with zero attached hydrogens (tertiary/aromatic N) is 2. The normalized spacial score (nSPS) is 11.2. The van der Waals surface area contributed by atoms with Crippen LogP contribution >= 0.6 is 11.5 Å². The van der Waals surface area contributed by atoms with E-state index in [4.69, 9.17) is 4.74 Å². The minimum Gasteiger partial charge on any atom is -0.381 e. The Morgan fingerprint density at radius 2 is 1.62 bits per heavy atom. The molecule has 0 atom stereocenters. The highest BCUT2D eigenvalue weighted by Gasteiger charge is 2.14. The zero-order valence-electron chi connectivity index (χ0n) is 23.0. The lowest BCUT2D eigenvalue weighted by atomic mass is 10.1. The Hall–Kier alpha value is -2.77. The Labute approximate surface area is 236 Å². The van der Waals surface area contributed by atoms with Crippen LogP contribution < -0.4 is 20.9 Å². The Morgan fingerprint density at radius 3 is 2.31 bits per heavy atom. The van der Waals surface area contributed by atoms with Crippen LogP contribution in [0.15, 0.2) is 24.3 Å². The molecule has 2 rings (SSSR count). The Morgan fingerprint density at radius 1 is 0.949 bits per heavy atom. The number of carbonyl (C=O) groups is 2. The van der Waals surface area contributed by atoms with Crippen molar-refractivity contribution in [1.82, 2.24) is 24.8 Å². The third-order valence-corrected chi connectivity index (χ3v) is 6.95. The number of nitrogens with one attached hydrogen (secondary N) is 4. The molecule has 0 fully saturated rings. The maximum Gasteiger partial charge on any atom is 0.333 e. The zero-order valence-corrected chi connectivity index (χ0v) is 24.6. The van der Waals surface area contributed by atoms with Gasteiger partial charge < -0.3 is 10.1 Å². The van der Waals surface area contributed by atoms with E-state index in [9.17, 15) is 18.0 Å². The van der Waals surface area contributed by atoms with Gasteiger partial charge in [0.05, 0.1) is 6.26 Å². The van der Waals surface area contributed by atoms with Crippen LogP contribution in [0.3, 0.4) is 0 Å². The van der Waals surface area contributed by atoms with Crippen molar-refractivity contribution in [3.8, 4) is 11.4 Å². The number of benzene rings is 1. The standard InChI is InChI=1S/C26H42N6O5S2/c1-3-4-5-6-7-8-9-10-11-12-18-37-19-14-17-27-25(34)29-30-26-28-23(31-38-26)21-15-13-16-22(20-21)24(33)32-39(2,35)36/h13,15-16,20H,3-12,14,17-19H2,1-2H3,(H,32,33)(H2,27,29,34)(H,28,30,31). The van der Waals surface area contributed by atoms with Gasteiger partial charge in [0.25, 0.3) is 5.91 Å². The van der Waals surface area contributed by atoms with Crippen LogP contribution in [0, 0.1) is 0 Å². The number of urea groups is 1. The van der Waals surface area contributed by atoms with E-state index in [0.29, 0.717) is 29.7 Å². The molecule has 0 aliphatic heterocycles. The molecule has 0 spiro atoms. The van der Waals surface area contributed by atoms with Gasteiger partial charge in [-0.05, 0) is 25.0 Å². The number of anilines is 1. The molecule has 4 N–H and O–H groups in total. The van der Waals surface area contributed by atoms with Crippen molar-refractivity contribution >= 4 is 38.6 Å². The third-order valence-electron chi connectivity index (χ3n) is 5.76. The SMILES string of the molecule is CCCCCCCCCCCCOCCCNC(=O)NNc1nc(-c2cccc(C(=O)NS(C)(=O)=O)c2)ns1. The molecular weight excluding hydrogens is 540 g/mol. The lowest BCUT2D eigenvalue weighted by molar-refractivity contribution is 0.0981. The van der Waals surface area contributed by atoms with Crippen LogP contribution in [-0.4, -0.2) is 55.7 Å². The molecule has 0 bridgehead atoms. The fourth-order valence-corrected chi connectivity index (χ4v) is 4.74. The van der Waals surface area contributed by atoms with E-state index in [0.717, 1.165) is 37.2 Å². The molecule has 0 radical (unpaired) electrons. The minimum atomic E-state index is -3.67. The number of amides is 3. The zero-order chi connectivity index (χ0) is 28.3. The number of rotatable bonds is 20. The summed E-state index contributed by atoms with van der Waals surface area (Å²) >= 11 is 1.03. The van der Waals surface area contributed by atoms with E-state index in [1.807, 2.05) is 4.72 Å². The summed E-state index contributed by atoms with van der Waals surface area (Å²) in [6.07, 6.45) is 14.6. The van der Waals surface area contributed by atoms with Gasteiger partial charge in [-0.2, -0.15) is 9.36 Å². The average molecular weight is 583 g/mol. The highest BCUT2D eigenvalue weighted by atomic mass is 32.2. The summed E-state index contributed by atoms with van der Waals surface area (Å²) in [4.78, 5) is 28.4. The fraction of sp³-hybridized carbons (Fsp3) is 0.615. The largest absolute Gasteiger partial charge is 0.381 e. The monoisotopic (exact) mass is 582 g/mol. The van der Waals surface area contributed by atoms with Crippen LogP contribution in [0.2, 0.25) is 0 Å². The van der Waals surface area contributed by atoms with E-state index >= 15 is 0 Å². The number of sulfonamides is 1. The third kappa shape index (κ3) is 14.8. The summed E-state index contributed by atoms with van der Waals surface area (Å²) in [6, 6.07) is 5.88. The van der Waals surface area contributed by atoms with Crippen LogP contribution in [0.25, 0.3) is 11.4 Å². The summed E-state index contributed by atoms with van der Waals surface area (Å²) in [5, 5.41) is 3.10. The van der Waals surface area contributed by atoms with Crippen LogP contribution in [0.1, 0.15) is 87.9 Å². The van der Waals surface area contributed by atoms with Gasteiger partial charge in [-0.25, -0.2) is 23.4 Å². The Balaban J connectivity index is 1.53. The van der Waals surface area contributed by atoms with Crippen LogP contribution in [0.4, 0.5) is 9.93 Å². The van der Waals surface area contributed by atoms with Gasteiger partial charge in [0.1, 0.15) is 0 Å². The number of unbranched alkanes of at least 4 members (excludes halogenated alkanes) is 9. The number of hydrogen-bond acceptors (Lipinski definition) is 9. The molecule has 0 unspecified atom stereocenters. The molecule has 0 aliphatic carbocycles. The van der Waals surface area contributed by atoms with Crippen molar-refractivity contribution in [3.05, 3.63) is 29.8 Å². The van der Waals surface area contributed by atoms with Gasteiger partial charge in [-0.1, -0.05) is 76.8 Å². The highest BCUT2D eigenvalue weighted by molar-refractivity contribution is 7.89. The second-order valence-electron chi connectivity index (χ2n) is 9.36. The molecule has 2 aromatic rings. The first-order valence-corrected chi connectivity index (χ1v) is 16.3. The lowest BCUT2D eigenvalue weighted by Crippen LogP contribution is -2.39. The van der Waals surface area contributed by atoms with E-state index in [1.165, 1.54) is 69.9 Å². The molecule has 11 nitrogen and oxygen atoms in total. The quantitative estimate of drug-likeness (QED) is 0.128. The minimum absolute atomic E-state index is 0.159. The van der Waals surface area contributed by atoms with Crippen molar-refractivity contribution in [3.63, 3.8) is 0 Å². The number of ether oxygens (including phenoxy) is 1. The molecule has 0 aliphatic rings. The van der Waals surface area contributed by atoms with E-state index < -0.39 is 22.0 Å². The topological polar surface area (TPSA) is 151 Å². The molecule has 0 saturated carbocycles. The Bertz CT molecular complexity index is 1110. The molecule has 0 saturated heterocycles. The highest BCUT2D eigenvalue weighted by Crippen LogP contribution is 2.21.